The van der Waals surface area contributed by atoms with Crippen LogP contribution in [0.1, 0.15) is 0 Å². The molecule has 4 unspecified atom stereocenters. The fourth-order valence-electron chi connectivity index (χ4n) is 2.67. The number of nitrogens with one attached hydrogen (secondary N) is 1. The Balaban J connectivity index is 1.78. The molecule has 3 rings (SSSR count). The molecule has 2 aliphatic rings. The number of carbonyl (C=O) groups is 2. The largest absolute Gasteiger partial charge is 0.481 e. The Morgan fingerprint density at radius 3 is 2.30 bits per heavy atom. The molecular weight excluding hydrogens is 326 g/mol. The SMILES string of the molecule is O=C(O)C1C2C=CC(O2)C1C(=O)Nc1ccc(Br)cc1. The van der Waals surface area contributed by atoms with Gasteiger partial charge in [-0.2, -0.15) is 0 Å². The van der Waals surface area contributed by atoms with Gasteiger partial charge in [0, 0.05) is 10.2 Å². The number of halogens is 1. The van der Waals surface area contributed by atoms with Gasteiger partial charge in [0.2, 0.25) is 5.91 Å². The van der Waals surface area contributed by atoms with E-state index in [-0.39, 0.29) is 5.91 Å². The Kier molecular flexibility index (Phi) is 3.35. The zero-order valence-electron chi connectivity index (χ0n) is 10.3. The van der Waals surface area contributed by atoms with E-state index in [0.29, 0.717) is 5.69 Å². The van der Waals surface area contributed by atoms with Crippen molar-refractivity contribution >= 4 is 33.5 Å². The van der Waals surface area contributed by atoms with Crippen molar-refractivity contribution < 1.29 is 19.4 Å². The van der Waals surface area contributed by atoms with Crippen LogP contribution in [0.3, 0.4) is 0 Å². The van der Waals surface area contributed by atoms with E-state index in [4.69, 9.17) is 4.74 Å². The van der Waals surface area contributed by atoms with Crippen molar-refractivity contribution in [1.82, 2.24) is 0 Å². The van der Waals surface area contributed by atoms with E-state index in [9.17, 15) is 14.7 Å². The minimum Gasteiger partial charge on any atom is -0.481 e. The predicted molar refractivity (Wildman–Crippen MR) is 75.2 cm³/mol. The van der Waals surface area contributed by atoms with E-state index in [1.54, 1.807) is 24.3 Å². The molecule has 4 atom stereocenters. The second kappa shape index (κ2) is 5.03. The molecule has 1 aromatic rings. The molecule has 104 valence electrons. The molecule has 2 N–H and O–H groups in total. The van der Waals surface area contributed by atoms with Gasteiger partial charge in [0.15, 0.2) is 0 Å². The molecule has 6 heteroatoms. The van der Waals surface area contributed by atoms with E-state index in [2.05, 4.69) is 21.2 Å². The maximum absolute atomic E-state index is 12.3. The zero-order chi connectivity index (χ0) is 14.3. The Morgan fingerprint density at radius 1 is 1.10 bits per heavy atom. The lowest BCUT2D eigenvalue weighted by Crippen LogP contribution is -2.39. The van der Waals surface area contributed by atoms with Gasteiger partial charge >= 0.3 is 5.97 Å². The molecule has 0 saturated carbocycles. The van der Waals surface area contributed by atoms with Crippen molar-refractivity contribution in [2.24, 2.45) is 11.8 Å². The molecule has 2 aliphatic heterocycles. The highest BCUT2D eigenvalue weighted by atomic mass is 79.9. The minimum atomic E-state index is -1.00. The highest BCUT2D eigenvalue weighted by Crippen LogP contribution is 2.39. The Hall–Kier alpha value is -1.66. The summed E-state index contributed by atoms with van der Waals surface area (Å²) in [6.45, 7) is 0. The van der Waals surface area contributed by atoms with Gasteiger partial charge in [-0.15, -0.1) is 0 Å². The van der Waals surface area contributed by atoms with Crippen LogP contribution >= 0.6 is 15.9 Å². The maximum Gasteiger partial charge on any atom is 0.310 e. The van der Waals surface area contributed by atoms with Crippen LogP contribution in [0, 0.1) is 11.8 Å². The van der Waals surface area contributed by atoms with Crippen LogP contribution in [-0.2, 0) is 14.3 Å². The standard InChI is InChI=1S/C14H12BrNO4/c15-7-1-3-8(4-2-7)16-13(17)11-9-5-6-10(20-9)12(11)14(18)19/h1-6,9-12H,(H,16,17)(H,18,19). The molecular formula is C14H12BrNO4. The number of fused-ring (bicyclic) bond motifs is 2. The van der Waals surface area contributed by atoms with E-state index in [1.165, 1.54) is 0 Å². The number of amides is 1. The molecule has 0 aliphatic carbocycles. The lowest BCUT2D eigenvalue weighted by Gasteiger charge is -2.20. The van der Waals surface area contributed by atoms with Crippen LogP contribution in [0.4, 0.5) is 5.69 Å². The Morgan fingerprint density at radius 2 is 1.70 bits per heavy atom. The van der Waals surface area contributed by atoms with Gasteiger partial charge in [-0.3, -0.25) is 9.59 Å². The van der Waals surface area contributed by atoms with Crippen LogP contribution < -0.4 is 5.32 Å². The van der Waals surface area contributed by atoms with E-state index < -0.39 is 30.0 Å². The van der Waals surface area contributed by atoms with Gasteiger partial charge in [0.1, 0.15) is 5.92 Å². The summed E-state index contributed by atoms with van der Waals surface area (Å²) in [4.78, 5) is 23.6. The van der Waals surface area contributed by atoms with Crippen LogP contribution in [0.15, 0.2) is 40.9 Å². The molecule has 2 heterocycles. The van der Waals surface area contributed by atoms with E-state index >= 15 is 0 Å². The molecule has 1 saturated heterocycles. The highest BCUT2D eigenvalue weighted by molar-refractivity contribution is 9.10. The summed E-state index contributed by atoms with van der Waals surface area (Å²) in [5.74, 6) is -2.83. The number of aliphatic carboxylic acids is 1. The van der Waals surface area contributed by atoms with Crippen molar-refractivity contribution in [1.29, 1.82) is 0 Å². The third-order valence-corrected chi connectivity index (χ3v) is 4.13. The number of rotatable bonds is 3. The first-order valence-corrected chi connectivity index (χ1v) is 6.98. The molecule has 0 aromatic heterocycles. The number of hydrogen-bond donors (Lipinski definition) is 2. The first kappa shape index (κ1) is 13.3. The number of hydrogen-bond acceptors (Lipinski definition) is 3. The lowest BCUT2D eigenvalue weighted by atomic mass is 9.82. The van der Waals surface area contributed by atoms with Crippen molar-refractivity contribution in [3.63, 3.8) is 0 Å². The lowest BCUT2D eigenvalue weighted by molar-refractivity contribution is -0.145. The fraction of sp³-hybridized carbons (Fsp3) is 0.286. The average Bonchev–Trinajstić information content (AvgIpc) is 3.01. The average molecular weight is 338 g/mol. The van der Waals surface area contributed by atoms with E-state index in [0.717, 1.165) is 4.47 Å². The van der Waals surface area contributed by atoms with Gasteiger partial charge in [-0.1, -0.05) is 28.1 Å². The second-order valence-corrected chi connectivity index (χ2v) is 5.75. The second-order valence-electron chi connectivity index (χ2n) is 4.84. The Bertz CT molecular complexity index is 583. The number of anilines is 1. The third kappa shape index (κ3) is 2.25. The van der Waals surface area contributed by atoms with Gasteiger partial charge < -0.3 is 15.2 Å². The molecule has 5 nitrogen and oxygen atoms in total. The molecule has 2 bridgehead atoms. The highest BCUT2D eigenvalue weighted by Gasteiger charge is 2.53. The minimum absolute atomic E-state index is 0.323. The first-order valence-electron chi connectivity index (χ1n) is 6.19. The molecule has 0 spiro atoms. The zero-order valence-corrected chi connectivity index (χ0v) is 11.9. The number of carboxylic acid groups (broad SMARTS) is 1. The summed E-state index contributed by atoms with van der Waals surface area (Å²) < 4.78 is 6.38. The molecule has 1 aromatic carbocycles. The van der Waals surface area contributed by atoms with E-state index in [1.807, 2.05) is 12.1 Å². The molecule has 1 amide bonds. The molecule has 20 heavy (non-hydrogen) atoms. The number of carbonyl (C=O) groups excluding carboxylic acids is 1. The van der Waals surface area contributed by atoms with Crippen molar-refractivity contribution in [2.45, 2.75) is 12.2 Å². The van der Waals surface area contributed by atoms with Crippen molar-refractivity contribution in [2.75, 3.05) is 5.32 Å². The van der Waals surface area contributed by atoms with Crippen molar-refractivity contribution in [3.8, 4) is 0 Å². The van der Waals surface area contributed by atoms with Gasteiger partial charge in [0.25, 0.3) is 0 Å². The van der Waals surface area contributed by atoms with Gasteiger partial charge in [-0.05, 0) is 24.3 Å². The summed E-state index contributed by atoms with van der Waals surface area (Å²) in [5, 5.41) is 12.0. The summed E-state index contributed by atoms with van der Waals surface area (Å²) in [5.41, 5.74) is 0.633. The maximum atomic E-state index is 12.3. The summed E-state index contributed by atoms with van der Waals surface area (Å²) in [7, 11) is 0. The summed E-state index contributed by atoms with van der Waals surface area (Å²) >= 11 is 3.31. The normalized spacial score (nSPS) is 30.4. The first-order chi connectivity index (χ1) is 9.56. The molecule has 0 radical (unpaired) electrons. The monoisotopic (exact) mass is 337 g/mol. The van der Waals surface area contributed by atoms with Crippen LogP contribution in [0.5, 0.6) is 0 Å². The fourth-order valence-corrected chi connectivity index (χ4v) is 2.94. The van der Waals surface area contributed by atoms with Gasteiger partial charge in [0.05, 0.1) is 18.1 Å². The molecule has 1 fully saturated rings. The summed E-state index contributed by atoms with van der Waals surface area (Å²) in [6, 6.07) is 7.12. The third-order valence-electron chi connectivity index (χ3n) is 3.60. The van der Waals surface area contributed by atoms with Crippen LogP contribution in [0.25, 0.3) is 0 Å². The smallest absolute Gasteiger partial charge is 0.310 e. The number of ether oxygens (including phenoxy) is 1. The Labute approximate surface area is 123 Å². The quantitative estimate of drug-likeness (QED) is 0.827. The van der Waals surface area contributed by atoms with Crippen LogP contribution in [-0.4, -0.2) is 29.2 Å². The van der Waals surface area contributed by atoms with Gasteiger partial charge in [-0.25, -0.2) is 0 Å². The van der Waals surface area contributed by atoms with Crippen LogP contribution in [0.2, 0.25) is 0 Å². The number of carboxylic acids is 1. The number of benzene rings is 1. The predicted octanol–water partition coefficient (Wildman–Crippen LogP) is 2.04. The summed E-state index contributed by atoms with van der Waals surface area (Å²) in [6.07, 6.45) is 2.53. The van der Waals surface area contributed by atoms with Crippen molar-refractivity contribution in [3.05, 3.63) is 40.9 Å². The topological polar surface area (TPSA) is 75.6 Å².